The number of amides is 1. The maximum absolute atomic E-state index is 11.3. The van der Waals surface area contributed by atoms with Gasteiger partial charge in [0.1, 0.15) is 0 Å². The summed E-state index contributed by atoms with van der Waals surface area (Å²) in [5.74, 6) is -0.0318. The largest absolute Gasteiger partial charge is 0.352 e. The molecule has 0 aliphatic heterocycles. The molecule has 0 saturated carbocycles. The number of hydrogen-bond donors (Lipinski definition) is 2. The van der Waals surface area contributed by atoms with Crippen molar-refractivity contribution >= 4 is 5.91 Å². The zero-order valence-corrected chi connectivity index (χ0v) is 9.73. The van der Waals surface area contributed by atoms with Gasteiger partial charge in [0.05, 0.1) is 12.7 Å². The Kier molecular flexibility index (Phi) is 4.72. The fourth-order valence-corrected chi connectivity index (χ4v) is 1.28. The van der Waals surface area contributed by atoms with Crippen molar-refractivity contribution in [2.75, 3.05) is 13.1 Å². The molecular weight excluding hydrogens is 204 g/mol. The van der Waals surface area contributed by atoms with E-state index in [9.17, 15) is 4.79 Å². The normalized spacial score (nSPS) is 12.1. The first-order chi connectivity index (χ1) is 7.63. The van der Waals surface area contributed by atoms with Gasteiger partial charge in [0.2, 0.25) is 5.91 Å². The fraction of sp³-hybridized carbons (Fsp3) is 0.455. The van der Waals surface area contributed by atoms with E-state index in [-0.39, 0.29) is 11.9 Å². The molecule has 0 fully saturated rings. The fourth-order valence-electron chi connectivity index (χ4n) is 1.28. The minimum Gasteiger partial charge on any atom is -0.352 e. The number of hydrogen-bond acceptors (Lipinski definition) is 3. The highest BCUT2D eigenvalue weighted by molar-refractivity contribution is 5.78. The van der Waals surface area contributed by atoms with Crippen LogP contribution in [0, 0.1) is 0 Å². The van der Waals surface area contributed by atoms with Crippen LogP contribution in [0.3, 0.4) is 0 Å². The van der Waals surface area contributed by atoms with E-state index in [4.69, 9.17) is 0 Å². The lowest BCUT2D eigenvalue weighted by Crippen LogP contribution is -2.34. The molecule has 0 aromatic carbocycles. The molecule has 1 aromatic rings. The number of nitrogens with one attached hydrogen (secondary N) is 2. The van der Waals surface area contributed by atoms with E-state index in [0.29, 0.717) is 13.1 Å². The zero-order valence-electron chi connectivity index (χ0n) is 9.73. The second-order valence-electron chi connectivity index (χ2n) is 3.64. The van der Waals surface area contributed by atoms with E-state index in [2.05, 4.69) is 22.3 Å². The predicted molar refractivity (Wildman–Crippen MR) is 62.8 cm³/mol. The topological polar surface area (TPSA) is 59.0 Å². The Morgan fingerprint density at radius 2 is 2.50 bits per heavy atom. The Morgan fingerprint density at radius 1 is 1.75 bits per heavy atom. The average molecular weight is 222 g/mol. The minimum atomic E-state index is -0.0318. The van der Waals surface area contributed by atoms with Gasteiger partial charge < -0.3 is 10.6 Å². The van der Waals surface area contributed by atoms with Crippen LogP contribution in [-0.2, 0) is 11.8 Å². The van der Waals surface area contributed by atoms with Crippen LogP contribution in [0.5, 0.6) is 0 Å². The lowest BCUT2D eigenvalue weighted by Gasteiger charge is -2.11. The monoisotopic (exact) mass is 222 g/mol. The van der Waals surface area contributed by atoms with Gasteiger partial charge in [-0.1, -0.05) is 6.08 Å². The van der Waals surface area contributed by atoms with E-state index in [1.807, 2.05) is 20.2 Å². The number of rotatable bonds is 6. The first kappa shape index (κ1) is 12.4. The van der Waals surface area contributed by atoms with Gasteiger partial charge in [-0.05, 0) is 6.92 Å². The molecule has 1 aromatic heterocycles. The van der Waals surface area contributed by atoms with Crippen molar-refractivity contribution < 1.29 is 4.79 Å². The molecule has 0 aliphatic rings. The molecule has 0 spiro atoms. The minimum absolute atomic E-state index is 0.0318. The molecule has 1 rings (SSSR count). The van der Waals surface area contributed by atoms with Crippen molar-refractivity contribution in [1.82, 2.24) is 20.4 Å². The van der Waals surface area contributed by atoms with Crippen LogP contribution in [0.1, 0.15) is 18.5 Å². The molecule has 0 saturated heterocycles. The SMILES string of the molecule is C=CCNC(=O)CNC(C)c1cnn(C)c1. The van der Waals surface area contributed by atoms with Gasteiger partial charge in [0, 0.05) is 31.4 Å². The predicted octanol–water partition coefficient (Wildman–Crippen LogP) is 0.373. The maximum atomic E-state index is 11.3. The molecule has 1 amide bonds. The summed E-state index contributed by atoms with van der Waals surface area (Å²) in [4.78, 5) is 11.3. The molecule has 0 aliphatic carbocycles. The molecular formula is C11H18N4O. The molecule has 5 nitrogen and oxygen atoms in total. The number of nitrogens with zero attached hydrogens (tertiary/aromatic N) is 2. The summed E-state index contributed by atoms with van der Waals surface area (Å²) in [5, 5.41) is 9.90. The van der Waals surface area contributed by atoms with E-state index >= 15 is 0 Å². The van der Waals surface area contributed by atoms with E-state index < -0.39 is 0 Å². The zero-order chi connectivity index (χ0) is 12.0. The molecule has 0 radical (unpaired) electrons. The summed E-state index contributed by atoms with van der Waals surface area (Å²) in [6.07, 6.45) is 5.38. The molecule has 1 unspecified atom stereocenters. The Bertz CT molecular complexity index is 359. The van der Waals surface area contributed by atoms with Crippen molar-refractivity contribution in [3.63, 3.8) is 0 Å². The molecule has 88 valence electrons. The molecule has 16 heavy (non-hydrogen) atoms. The lowest BCUT2D eigenvalue weighted by atomic mass is 10.2. The lowest BCUT2D eigenvalue weighted by molar-refractivity contribution is -0.120. The van der Waals surface area contributed by atoms with E-state index in [1.165, 1.54) is 0 Å². The summed E-state index contributed by atoms with van der Waals surface area (Å²) in [5.41, 5.74) is 1.07. The van der Waals surface area contributed by atoms with Crippen molar-refractivity contribution in [2.24, 2.45) is 7.05 Å². The number of aryl methyl sites for hydroxylation is 1. The number of carbonyl (C=O) groups excluding carboxylic acids is 1. The van der Waals surface area contributed by atoms with Gasteiger partial charge in [-0.2, -0.15) is 5.10 Å². The highest BCUT2D eigenvalue weighted by Gasteiger charge is 2.08. The molecule has 0 bridgehead atoms. The Balaban J connectivity index is 2.32. The smallest absolute Gasteiger partial charge is 0.234 e. The summed E-state index contributed by atoms with van der Waals surface area (Å²) in [6.45, 7) is 6.33. The summed E-state index contributed by atoms with van der Waals surface area (Å²) < 4.78 is 1.74. The summed E-state index contributed by atoms with van der Waals surface area (Å²) in [6, 6.07) is 0.114. The van der Waals surface area contributed by atoms with Crippen LogP contribution >= 0.6 is 0 Å². The first-order valence-electron chi connectivity index (χ1n) is 5.23. The van der Waals surface area contributed by atoms with Crippen LogP contribution < -0.4 is 10.6 Å². The highest BCUT2D eigenvalue weighted by atomic mass is 16.1. The van der Waals surface area contributed by atoms with Crippen LogP contribution in [0.25, 0.3) is 0 Å². The van der Waals surface area contributed by atoms with E-state index in [0.717, 1.165) is 5.56 Å². The van der Waals surface area contributed by atoms with Crippen molar-refractivity contribution in [3.8, 4) is 0 Å². The van der Waals surface area contributed by atoms with Gasteiger partial charge in [0.25, 0.3) is 0 Å². The summed E-state index contributed by atoms with van der Waals surface area (Å²) >= 11 is 0. The van der Waals surface area contributed by atoms with Gasteiger partial charge in [-0.15, -0.1) is 6.58 Å². The molecule has 1 atom stereocenters. The second-order valence-corrected chi connectivity index (χ2v) is 3.64. The highest BCUT2D eigenvalue weighted by Crippen LogP contribution is 2.09. The van der Waals surface area contributed by atoms with Crippen molar-refractivity contribution in [1.29, 1.82) is 0 Å². The Hall–Kier alpha value is -1.62. The third-order valence-electron chi connectivity index (χ3n) is 2.24. The van der Waals surface area contributed by atoms with Gasteiger partial charge in [-0.25, -0.2) is 0 Å². The first-order valence-corrected chi connectivity index (χ1v) is 5.23. The number of carbonyl (C=O) groups is 1. The maximum Gasteiger partial charge on any atom is 0.234 e. The molecule has 1 heterocycles. The average Bonchev–Trinajstić information content (AvgIpc) is 2.69. The van der Waals surface area contributed by atoms with Gasteiger partial charge in [-0.3, -0.25) is 9.48 Å². The standard InChI is InChI=1S/C11H18N4O/c1-4-5-12-11(16)7-13-9(2)10-6-14-15(3)8-10/h4,6,8-9,13H,1,5,7H2,2-3H3,(H,12,16). The Labute approximate surface area is 95.5 Å². The number of aromatic nitrogens is 2. The van der Waals surface area contributed by atoms with Crippen LogP contribution in [0.15, 0.2) is 25.0 Å². The summed E-state index contributed by atoms with van der Waals surface area (Å²) in [7, 11) is 1.87. The molecule has 2 N–H and O–H groups in total. The van der Waals surface area contributed by atoms with Crippen LogP contribution in [-0.4, -0.2) is 28.8 Å². The quantitative estimate of drug-likeness (QED) is 0.684. The van der Waals surface area contributed by atoms with Crippen LogP contribution in [0.2, 0.25) is 0 Å². The third kappa shape index (κ3) is 3.86. The molecule has 5 heteroatoms. The third-order valence-corrected chi connectivity index (χ3v) is 2.24. The Morgan fingerprint density at radius 3 is 3.06 bits per heavy atom. The van der Waals surface area contributed by atoms with Crippen LogP contribution in [0.4, 0.5) is 0 Å². The second kappa shape index (κ2) is 6.07. The van der Waals surface area contributed by atoms with Crippen molar-refractivity contribution in [2.45, 2.75) is 13.0 Å². The van der Waals surface area contributed by atoms with Gasteiger partial charge in [0.15, 0.2) is 0 Å². The van der Waals surface area contributed by atoms with Gasteiger partial charge >= 0.3 is 0 Å². The van der Waals surface area contributed by atoms with Crippen molar-refractivity contribution in [3.05, 3.63) is 30.6 Å². The van der Waals surface area contributed by atoms with E-state index in [1.54, 1.807) is 17.0 Å².